The van der Waals surface area contributed by atoms with Gasteiger partial charge in [0.2, 0.25) is 0 Å². The van der Waals surface area contributed by atoms with Gasteiger partial charge in [-0.2, -0.15) is 0 Å². The van der Waals surface area contributed by atoms with Crippen LogP contribution in [0.3, 0.4) is 0 Å². The Morgan fingerprint density at radius 1 is 1.17 bits per heavy atom. The zero-order valence-corrected chi connectivity index (χ0v) is 12.6. The summed E-state index contributed by atoms with van der Waals surface area (Å²) in [6, 6.07) is 16.3. The van der Waals surface area contributed by atoms with Gasteiger partial charge in [0.15, 0.2) is 0 Å². The second kappa shape index (κ2) is 6.52. The molecule has 2 nitrogen and oxygen atoms in total. The van der Waals surface area contributed by atoms with E-state index in [0.29, 0.717) is 0 Å². The van der Waals surface area contributed by atoms with E-state index < -0.39 is 0 Å². The van der Waals surface area contributed by atoms with Crippen molar-refractivity contribution in [3.8, 4) is 0 Å². The number of benzene rings is 2. The number of hydrazine groups is 1. The molecular weight excluding hydrogens is 359 g/mol. The second-order valence-corrected chi connectivity index (χ2v) is 5.79. The fourth-order valence-electron chi connectivity index (χ4n) is 1.85. The molecule has 18 heavy (non-hydrogen) atoms. The lowest BCUT2D eigenvalue weighted by atomic mass is 9.99. The second-order valence-electron chi connectivity index (χ2n) is 4.10. The molecule has 0 aliphatic carbocycles. The van der Waals surface area contributed by atoms with Gasteiger partial charge in [0.25, 0.3) is 0 Å². The zero-order chi connectivity index (χ0) is 13.0. The molecule has 0 saturated carbocycles. The quantitative estimate of drug-likeness (QED) is 0.488. The first-order chi connectivity index (χ1) is 8.69. The third-order valence-electron chi connectivity index (χ3n) is 2.81. The molecule has 4 heteroatoms. The molecule has 0 aliphatic rings. The molecule has 0 spiro atoms. The van der Waals surface area contributed by atoms with E-state index in [0.717, 1.165) is 11.4 Å². The van der Waals surface area contributed by atoms with Crippen molar-refractivity contribution < 1.29 is 0 Å². The van der Waals surface area contributed by atoms with E-state index in [9.17, 15) is 0 Å². The zero-order valence-electron chi connectivity index (χ0n) is 9.74. The predicted octanol–water partition coefficient (Wildman–Crippen LogP) is 3.69. The average molecular weight is 373 g/mol. The smallest absolute Gasteiger partial charge is 0.0500 e. The molecule has 2 aromatic rings. The van der Waals surface area contributed by atoms with Crippen molar-refractivity contribution in [3.63, 3.8) is 0 Å². The summed E-state index contributed by atoms with van der Waals surface area (Å²) in [6.07, 6.45) is 0.841. The molecule has 0 bridgehead atoms. The molecule has 0 saturated heterocycles. The van der Waals surface area contributed by atoms with E-state index in [1.165, 1.54) is 14.7 Å². The molecule has 1 unspecified atom stereocenters. The van der Waals surface area contributed by atoms with Crippen molar-refractivity contribution in [1.29, 1.82) is 0 Å². The Morgan fingerprint density at radius 2 is 1.89 bits per heavy atom. The summed E-state index contributed by atoms with van der Waals surface area (Å²) in [4.78, 5) is 0. The molecule has 2 aromatic carbocycles. The summed E-state index contributed by atoms with van der Waals surface area (Å²) in [5.41, 5.74) is 5.28. The van der Waals surface area contributed by atoms with Gasteiger partial charge < -0.3 is 0 Å². The molecular formula is C14H14ClIN2. The topological polar surface area (TPSA) is 38.0 Å². The number of hydrogen-bond donors (Lipinski definition) is 2. The van der Waals surface area contributed by atoms with Crippen molar-refractivity contribution in [2.45, 2.75) is 12.5 Å². The lowest BCUT2D eigenvalue weighted by molar-refractivity contribution is 0.552. The average Bonchev–Trinajstić information content (AvgIpc) is 2.38. The molecule has 1 atom stereocenters. The highest BCUT2D eigenvalue weighted by molar-refractivity contribution is 14.1. The van der Waals surface area contributed by atoms with Gasteiger partial charge >= 0.3 is 0 Å². The lowest BCUT2D eigenvalue weighted by Gasteiger charge is -2.16. The SMILES string of the molecule is NNC(Cc1ccc(Cl)cc1)c1cccc(I)c1. The van der Waals surface area contributed by atoms with E-state index in [2.05, 4.69) is 46.2 Å². The van der Waals surface area contributed by atoms with Crippen LogP contribution >= 0.6 is 34.2 Å². The fraction of sp³-hybridized carbons (Fsp3) is 0.143. The van der Waals surface area contributed by atoms with E-state index in [1.807, 2.05) is 30.3 Å². The largest absolute Gasteiger partial charge is 0.271 e. The Hall–Kier alpha value is -0.620. The number of halogens is 2. The summed E-state index contributed by atoms with van der Waals surface area (Å²) in [7, 11) is 0. The molecule has 0 aliphatic heterocycles. The monoisotopic (exact) mass is 372 g/mol. The first-order valence-corrected chi connectivity index (χ1v) is 7.11. The molecule has 0 amide bonds. The van der Waals surface area contributed by atoms with Crippen LogP contribution in [-0.4, -0.2) is 0 Å². The number of nitrogens with one attached hydrogen (secondary N) is 1. The van der Waals surface area contributed by atoms with Crippen LogP contribution in [0, 0.1) is 3.57 Å². The van der Waals surface area contributed by atoms with Gasteiger partial charge in [-0.1, -0.05) is 35.9 Å². The first-order valence-electron chi connectivity index (χ1n) is 5.65. The van der Waals surface area contributed by atoms with Crippen LogP contribution in [0.4, 0.5) is 0 Å². The van der Waals surface area contributed by atoms with Crippen LogP contribution in [0.2, 0.25) is 5.02 Å². The number of nitrogens with two attached hydrogens (primary N) is 1. The molecule has 2 rings (SSSR count). The Bertz CT molecular complexity index is 513. The van der Waals surface area contributed by atoms with Crippen molar-refractivity contribution >= 4 is 34.2 Å². The van der Waals surface area contributed by atoms with Gasteiger partial charge in [-0.15, -0.1) is 0 Å². The standard InChI is InChI=1S/C14H14ClIN2/c15-12-6-4-10(5-7-12)8-14(18-17)11-2-1-3-13(16)9-11/h1-7,9,14,18H,8,17H2. The van der Waals surface area contributed by atoms with Gasteiger partial charge in [0.1, 0.15) is 0 Å². The highest BCUT2D eigenvalue weighted by Crippen LogP contribution is 2.20. The molecule has 0 radical (unpaired) electrons. The van der Waals surface area contributed by atoms with Gasteiger partial charge in [0, 0.05) is 8.59 Å². The Morgan fingerprint density at radius 3 is 2.50 bits per heavy atom. The Balaban J connectivity index is 2.17. The maximum absolute atomic E-state index is 5.88. The van der Waals surface area contributed by atoms with Crippen molar-refractivity contribution in [3.05, 3.63) is 68.3 Å². The summed E-state index contributed by atoms with van der Waals surface area (Å²) < 4.78 is 1.21. The fourth-order valence-corrected chi connectivity index (χ4v) is 2.55. The summed E-state index contributed by atoms with van der Waals surface area (Å²) >= 11 is 8.18. The van der Waals surface area contributed by atoms with Crippen molar-refractivity contribution in [1.82, 2.24) is 5.43 Å². The predicted molar refractivity (Wildman–Crippen MR) is 84.4 cm³/mol. The Kier molecular flexibility index (Phi) is 5.00. The number of rotatable bonds is 4. The van der Waals surface area contributed by atoms with Crippen molar-refractivity contribution in [2.75, 3.05) is 0 Å². The van der Waals surface area contributed by atoms with E-state index in [1.54, 1.807) is 0 Å². The van der Waals surface area contributed by atoms with E-state index >= 15 is 0 Å². The summed E-state index contributed by atoms with van der Waals surface area (Å²) in [5.74, 6) is 5.65. The highest BCUT2D eigenvalue weighted by atomic mass is 127. The van der Waals surface area contributed by atoms with Crippen LogP contribution in [0.1, 0.15) is 17.2 Å². The maximum atomic E-state index is 5.88. The minimum atomic E-state index is 0.112. The summed E-state index contributed by atoms with van der Waals surface area (Å²) in [5, 5.41) is 0.755. The van der Waals surface area contributed by atoms with Gasteiger partial charge in [0.05, 0.1) is 6.04 Å². The lowest BCUT2D eigenvalue weighted by Crippen LogP contribution is -2.29. The maximum Gasteiger partial charge on any atom is 0.0500 e. The third-order valence-corrected chi connectivity index (χ3v) is 3.73. The van der Waals surface area contributed by atoms with Gasteiger partial charge in [-0.3, -0.25) is 11.3 Å². The van der Waals surface area contributed by atoms with Crippen molar-refractivity contribution in [2.24, 2.45) is 5.84 Å². The minimum Gasteiger partial charge on any atom is -0.271 e. The summed E-state index contributed by atoms with van der Waals surface area (Å²) in [6.45, 7) is 0. The number of hydrogen-bond acceptors (Lipinski definition) is 2. The molecule has 3 N–H and O–H groups in total. The minimum absolute atomic E-state index is 0.112. The normalized spacial score (nSPS) is 12.4. The molecule has 94 valence electrons. The van der Waals surface area contributed by atoms with Crippen LogP contribution in [0.5, 0.6) is 0 Å². The van der Waals surface area contributed by atoms with Crippen LogP contribution in [0.15, 0.2) is 48.5 Å². The van der Waals surface area contributed by atoms with Gasteiger partial charge in [-0.05, 0) is 64.4 Å². The van der Waals surface area contributed by atoms with Crippen LogP contribution < -0.4 is 11.3 Å². The van der Waals surface area contributed by atoms with E-state index in [4.69, 9.17) is 17.4 Å². The Labute approximate surface area is 126 Å². The van der Waals surface area contributed by atoms with Crippen LogP contribution in [-0.2, 0) is 6.42 Å². The molecule has 0 aromatic heterocycles. The highest BCUT2D eigenvalue weighted by Gasteiger charge is 2.10. The molecule has 0 heterocycles. The van der Waals surface area contributed by atoms with E-state index in [-0.39, 0.29) is 6.04 Å². The first kappa shape index (κ1) is 13.8. The van der Waals surface area contributed by atoms with Crippen LogP contribution in [0.25, 0.3) is 0 Å². The van der Waals surface area contributed by atoms with Gasteiger partial charge in [-0.25, -0.2) is 0 Å². The molecule has 0 fully saturated rings. The third kappa shape index (κ3) is 3.68.